The summed E-state index contributed by atoms with van der Waals surface area (Å²) >= 11 is 6.26. The van der Waals surface area contributed by atoms with Crippen LogP contribution in [0.1, 0.15) is 29.8 Å². The van der Waals surface area contributed by atoms with Gasteiger partial charge in [0.25, 0.3) is 0 Å². The van der Waals surface area contributed by atoms with Gasteiger partial charge in [-0.05, 0) is 50.2 Å². The number of ketones is 1. The van der Waals surface area contributed by atoms with E-state index in [1.54, 1.807) is 30.3 Å². The number of carbonyl (C=O) groups excluding carboxylic acids is 1. The summed E-state index contributed by atoms with van der Waals surface area (Å²) in [6.45, 7) is 5.09. The van der Waals surface area contributed by atoms with Crippen LogP contribution in [0.15, 0.2) is 48.7 Å². The minimum absolute atomic E-state index is 0.0737. The number of aromatic hydroxyl groups is 1. The van der Waals surface area contributed by atoms with E-state index in [2.05, 4.69) is 4.98 Å². The molecule has 7 heteroatoms. The van der Waals surface area contributed by atoms with Gasteiger partial charge in [-0.15, -0.1) is 0 Å². The fourth-order valence-corrected chi connectivity index (χ4v) is 3.15. The molecule has 152 valence electrons. The van der Waals surface area contributed by atoms with Gasteiger partial charge in [-0.25, -0.2) is 0 Å². The zero-order chi connectivity index (χ0) is 20.8. The van der Waals surface area contributed by atoms with E-state index < -0.39 is 6.29 Å². The fourth-order valence-electron chi connectivity index (χ4n) is 2.92. The van der Waals surface area contributed by atoms with E-state index in [-0.39, 0.29) is 23.2 Å². The Morgan fingerprint density at radius 3 is 2.45 bits per heavy atom. The first kappa shape index (κ1) is 21.0. The van der Waals surface area contributed by atoms with E-state index >= 15 is 0 Å². The van der Waals surface area contributed by atoms with Crippen molar-refractivity contribution in [3.8, 4) is 11.5 Å². The van der Waals surface area contributed by atoms with Gasteiger partial charge in [-0.3, -0.25) is 9.78 Å². The third-order valence-corrected chi connectivity index (χ3v) is 4.53. The van der Waals surface area contributed by atoms with Crippen molar-refractivity contribution < 1.29 is 24.1 Å². The molecule has 0 aliphatic heterocycles. The lowest BCUT2D eigenvalue weighted by Crippen LogP contribution is -2.25. The second-order valence-electron chi connectivity index (χ2n) is 6.19. The molecule has 1 heterocycles. The number of fused-ring (bicyclic) bond motifs is 1. The van der Waals surface area contributed by atoms with Crippen LogP contribution >= 0.6 is 11.6 Å². The van der Waals surface area contributed by atoms with Crippen molar-refractivity contribution in [1.82, 2.24) is 4.98 Å². The maximum Gasteiger partial charge on any atom is 0.195 e. The molecule has 0 radical (unpaired) electrons. The molecule has 0 atom stereocenters. The van der Waals surface area contributed by atoms with E-state index in [9.17, 15) is 9.90 Å². The molecule has 0 aliphatic rings. The van der Waals surface area contributed by atoms with Crippen molar-refractivity contribution in [3.63, 3.8) is 0 Å². The van der Waals surface area contributed by atoms with E-state index in [0.717, 1.165) is 0 Å². The predicted octanol–water partition coefficient (Wildman–Crippen LogP) is 4.60. The summed E-state index contributed by atoms with van der Waals surface area (Å²) in [5.41, 5.74) is 1.31. The van der Waals surface area contributed by atoms with Gasteiger partial charge in [-0.2, -0.15) is 0 Å². The zero-order valence-electron chi connectivity index (χ0n) is 16.2. The Bertz CT molecular complexity index is 984. The Morgan fingerprint density at radius 1 is 1.10 bits per heavy atom. The quantitative estimate of drug-likeness (QED) is 0.406. The highest BCUT2D eigenvalue weighted by atomic mass is 35.5. The average Bonchev–Trinajstić information content (AvgIpc) is 2.72. The van der Waals surface area contributed by atoms with Gasteiger partial charge in [0.15, 0.2) is 12.1 Å². The van der Waals surface area contributed by atoms with Crippen LogP contribution in [-0.2, 0) is 9.47 Å². The highest BCUT2D eigenvalue weighted by Gasteiger charge is 2.18. The molecule has 1 N–H and O–H groups in total. The number of phenols is 1. The summed E-state index contributed by atoms with van der Waals surface area (Å²) < 4.78 is 16.6. The lowest BCUT2D eigenvalue weighted by Gasteiger charge is -2.17. The highest BCUT2D eigenvalue weighted by Crippen LogP contribution is 2.29. The first-order chi connectivity index (χ1) is 14.0. The number of carbonyl (C=O) groups is 1. The van der Waals surface area contributed by atoms with Crippen molar-refractivity contribution in [2.45, 2.75) is 20.1 Å². The lowest BCUT2D eigenvalue weighted by atomic mass is 9.99. The van der Waals surface area contributed by atoms with Gasteiger partial charge in [0.1, 0.15) is 18.1 Å². The smallest absolute Gasteiger partial charge is 0.195 e. The molecule has 0 saturated heterocycles. The van der Waals surface area contributed by atoms with Crippen molar-refractivity contribution in [3.05, 3.63) is 64.8 Å². The molecule has 2 aromatic carbocycles. The molecular formula is C22H22ClNO5. The number of halogens is 1. The van der Waals surface area contributed by atoms with E-state index in [4.69, 9.17) is 25.8 Å². The maximum absolute atomic E-state index is 13.1. The molecule has 0 saturated carbocycles. The lowest BCUT2D eigenvalue weighted by molar-refractivity contribution is -0.152. The first-order valence-corrected chi connectivity index (χ1v) is 9.69. The van der Waals surface area contributed by atoms with Gasteiger partial charge in [0.05, 0.1) is 16.1 Å². The molecule has 0 fully saturated rings. The number of nitrogens with zero attached hydrogens (tertiary/aromatic N) is 1. The van der Waals surface area contributed by atoms with Crippen molar-refractivity contribution in [2.24, 2.45) is 0 Å². The highest BCUT2D eigenvalue weighted by molar-refractivity contribution is 6.36. The average molecular weight is 416 g/mol. The van der Waals surface area contributed by atoms with E-state index in [0.29, 0.717) is 41.0 Å². The first-order valence-electron chi connectivity index (χ1n) is 9.31. The SMILES string of the molecule is CCOC(COc1ccc(C(=O)c2c(Cl)cnc3cc(O)ccc23)cc1)OCC. The molecule has 29 heavy (non-hydrogen) atoms. The maximum atomic E-state index is 13.1. The van der Waals surface area contributed by atoms with E-state index in [1.165, 1.54) is 18.3 Å². The van der Waals surface area contributed by atoms with Crippen LogP contribution in [0.2, 0.25) is 5.02 Å². The molecule has 0 amide bonds. The van der Waals surface area contributed by atoms with Crippen molar-refractivity contribution in [2.75, 3.05) is 19.8 Å². The standard InChI is InChI=1S/C22H22ClNO5/c1-3-27-20(28-4-2)13-29-16-8-5-14(6-9-16)22(26)21-17-10-7-15(25)11-19(17)24-12-18(21)23/h5-12,20,25H,3-4,13H2,1-2H3. The predicted molar refractivity (Wildman–Crippen MR) is 111 cm³/mol. The van der Waals surface area contributed by atoms with E-state index in [1.807, 2.05) is 13.8 Å². The summed E-state index contributed by atoms with van der Waals surface area (Å²) in [6.07, 6.45) is 0.972. The Morgan fingerprint density at radius 2 is 1.79 bits per heavy atom. The fraction of sp³-hybridized carbons (Fsp3) is 0.273. The van der Waals surface area contributed by atoms with Crippen molar-refractivity contribution in [1.29, 1.82) is 0 Å². The summed E-state index contributed by atoms with van der Waals surface area (Å²) in [5.74, 6) is 0.437. The number of hydrogen-bond acceptors (Lipinski definition) is 6. The molecule has 0 aliphatic carbocycles. The number of phenolic OH excluding ortho intramolecular Hbond substituents is 1. The number of aromatic nitrogens is 1. The van der Waals surface area contributed by atoms with Crippen LogP contribution in [0.5, 0.6) is 11.5 Å². The molecule has 6 nitrogen and oxygen atoms in total. The van der Waals surface area contributed by atoms with Gasteiger partial charge in [-0.1, -0.05) is 11.6 Å². The topological polar surface area (TPSA) is 77.9 Å². The number of benzene rings is 2. The molecular weight excluding hydrogens is 394 g/mol. The summed E-state index contributed by atoms with van der Waals surface area (Å²) in [4.78, 5) is 17.2. The number of pyridine rings is 1. The van der Waals surface area contributed by atoms with Gasteiger partial charge in [0.2, 0.25) is 0 Å². The Hall–Kier alpha value is -2.67. The molecule has 0 spiro atoms. The largest absolute Gasteiger partial charge is 0.508 e. The van der Waals surface area contributed by atoms with Crippen LogP contribution < -0.4 is 4.74 Å². The van der Waals surface area contributed by atoms with Gasteiger partial charge in [0, 0.05) is 36.4 Å². The molecule has 0 bridgehead atoms. The monoisotopic (exact) mass is 415 g/mol. The summed E-state index contributed by atoms with van der Waals surface area (Å²) in [7, 11) is 0. The summed E-state index contributed by atoms with van der Waals surface area (Å²) in [5, 5.41) is 10.5. The zero-order valence-corrected chi connectivity index (χ0v) is 17.0. The minimum atomic E-state index is -0.440. The second-order valence-corrected chi connectivity index (χ2v) is 6.59. The van der Waals surface area contributed by atoms with Crippen LogP contribution in [0.25, 0.3) is 10.9 Å². The van der Waals surface area contributed by atoms with Crippen LogP contribution in [0, 0.1) is 0 Å². The molecule has 3 aromatic rings. The Labute approximate surface area is 174 Å². The van der Waals surface area contributed by atoms with Gasteiger partial charge < -0.3 is 19.3 Å². The number of rotatable bonds is 9. The van der Waals surface area contributed by atoms with Crippen molar-refractivity contribution >= 4 is 28.3 Å². The molecule has 3 rings (SSSR count). The third-order valence-electron chi connectivity index (χ3n) is 4.24. The second kappa shape index (κ2) is 9.69. The molecule has 1 aromatic heterocycles. The number of hydrogen-bond donors (Lipinski definition) is 1. The Kier molecular flexibility index (Phi) is 7.04. The van der Waals surface area contributed by atoms with Crippen LogP contribution in [0.3, 0.4) is 0 Å². The van der Waals surface area contributed by atoms with Crippen LogP contribution in [-0.4, -0.2) is 42.0 Å². The third kappa shape index (κ3) is 5.03. The van der Waals surface area contributed by atoms with Gasteiger partial charge >= 0.3 is 0 Å². The minimum Gasteiger partial charge on any atom is -0.508 e. The normalized spacial score (nSPS) is 11.2. The molecule has 0 unspecified atom stereocenters. The van der Waals surface area contributed by atoms with Crippen LogP contribution in [0.4, 0.5) is 0 Å². The summed E-state index contributed by atoms with van der Waals surface area (Å²) in [6, 6.07) is 11.4. The number of ether oxygens (including phenoxy) is 3. The Balaban J connectivity index is 1.79.